The lowest BCUT2D eigenvalue weighted by atomic mass is 10.0. The van der Waals surface area contributed by atoms with Crippen molar-refractivity contribution in [2.45, 2.75) is 18.2 Å². The Labute approximate surface area is 81.8 Å². The van der Waals surface area contributed by atoms with Crippen LogP contribution < -0.4 is 5.73 Å². The molecule has 0 fully saturated rings. The fraction of sp³-hybridized carbons (Fsp3) is 0.429. The third-order valence-corrected chi connectivity index (χ3v) is 3.24. The van der Waals surface area contributed by atoms with Crippen LogP contribution in [0.4, 0.5) is 0 Å². The van der Waals surface area contributed by atoms with Crippen molar-refractivity contribution in [3.05, 3.63) is 22.8 Å². The van der Waals surface area contributed by atoms with E-state index in [0.717, 1.165) is 6.08 Å². The molecule has 0 aliphatic heterocycles. The Morgan fingerprint density at radius 1 is 1.69 bits per heavy atom. The molecule has 13 heavy (non-hydrogen) atoms. The molecule has 0 bridgehead atoms. The highest BCUT2D eigenvalue weighted by molar-refractivity contribution is 7.87. The van der Waals surface area contributed by atoms with Gasteiger partial charge in [-0.25, -0.2) is 0 Å². The number of nitrogens with two attached hydrogens (primary N) is 1. The normalized spacial score (nSPS) is 29.5. The zero-order chi connectivity index (χ0) is 10.3. The summed E-state index contributed by atoms with van der Waals surface area (Å²) in [7, 11) is -4.32. The fourth-order valence-electron chi connectivity index (χ4n) is 1.21. The highest BCUT2D eigenvalue weighted by atomic mass is 35.5. The van der Waals surface area contributed by atoms with Crippen LogP contribution in [0.3, 0.4) is 0 Å². The SMILES string of the molecule is CC1=CC(Cl)=CC(N)(S(=O)(=O)O)C1. The van der Waals surface area contributed by atoms with E-state index in [-0.39, 0.29) is 11.5 Å². The average Bonchev–Trinajstić information content (AvgIpc) is 1.79. The topological polar surface area (TPSA) is 80.4 Å². The molecule has 6 heteroatoms. The number of hydrogen-bond donors (Lipinski definition) is 2. The predicted octanol–water partition coefficient (Wildman–Crippen LogP) is 1.00. The maximum Gasteiger partial charge on any atom is 0.287 e. The van der Waals surface area contributed by atoms with Crippen LogP contribution in [0.2, 0.25) is 0 Å². The van der Waals surface area contributed by atoms with E-state index in [4.69, 9.17) is 21.9 Å². The van der Waals surface area contributed by atoms with Crippen LogP contribution in [0.5, 0.6) is 0 Å². The highest BCUT2D eigenvalue weighted by Gasteiger charge is 2.38. The minimum Gasteiger partial charge on any atom is -0.307 e. The third kappa shape index (κ3) is 2.11. The monoisotopic (exact) mass is 223 g/mol. The van der Waals surface area contributed by atoms with Crippen LogP contribution in [-0.4, -0.2) is 17.8 Å². The van der Waals surface area contributed by atoms with E-state index in [1.165, 1.54) is 0 Å². The number of halogens is 1. The summed E-state index contributed by atoms with van der Waals surface area (Å²) in [6.07, 6.45) is 2.80. The number of hydrogen-bond acceptors (Lipinski definition) is 3. The second kappa shape index (κ2) is 3.09. The molecule has 0 amide bonds. The van der Waals surface area contributed by atoms with Gasteiger partial charge < -0.3 is 5.73 Å². The maximum absolute atomic E-state index is 10.9. The summed E-state index contributed by atoms with van der Waals surface area (Å²) in [5, 5.41) is 0.226. The first kappa shape index (κ1) is 10.7. The lowest BCUT2D eigenvalue weighted by molar-refractivity contribution is 0.445. The van der Waals surface area contributed by atoms with Gasteiger partial charge in [0.05, 0.1) is 0 Å². The van der Waals surface area contributed by atoms with Crippen molar-refractivity contribution in [3.63, 3.8) is 0 Å². The molecule has 1 atom stereocenters. The van der Waals surface area contributed by atoms with E-state index in [9.17, 15) is 8.42 Å². The third-order valence-electron chi connectivity index (χ3n) is 1.80. The molecule has 0 heterocycles. The van der Waals surface area contributed by atoms with Gasteiger partial charge in [0.2, 0.25) is 0 Å². The molecule has 3 N–H and O–H groups in total. The standard InChI is InChI=1S/C7H10ClNO3S/c1-5-2-6(8)4-7(9,3-5)13(10,11)12/h2,4H,3,9H2,1H3,(H,10,11,12). The Morgan fingerprint density at radius 3 is 2.62 bits per heavy atom. The Kier molecular flexibility index (Phi) is 2.55. The van der Waals surface area contributed by atoms with Crippen LogP contribution in [-0.2, 0) is 10.1 Å². The molecular formula is C7H10ClNO3S. The summed E-state index contributed by atoms with van der Waals surface area (Å²) in [6.45, 7) is 1.70. The summed E-state index contributed by atoms with van der Waals surface area (Å²) >= 11 is 5.63. The summed E-state index contributed by atoms with van der Waals surface area (Å²) in [5.41, 5.74) is 6.19. The minimum atomic E-state index is -4.32. The summed E-state index contributed by atoms with van der Waals surface area (Å²) < 4.78 is 30.7. The number of allylic oxidation sites excluding steroid dienone is 2. The van der Waals surface area contributed by atoms with Crippen molar-refractivity contribution >= 4 is 21.7 Å². The van der Waals surface area contributed by atoms with Crippen molar-refractivity contribution in [3.8, 4) is 0 Å². The Bertz CT molecular complexity index is 385. The van der Waals surface area contributed by atoms with Crippen LogP contribution in [0.25, 0.3) is 0 Å². The highest BCUT2D eigenvalue weighted by Crippen LogP contribution is 2.29. The van der Waals surface area contributed by atoms with Crippen molar-refractivity contribution in [1.29, 1.82) is 0 Å². The van der Waals surface area contributed by atoms with Gasteiger partial charge in [-0.2, -0.15) is 8.42 Å². The van der Waals surface area contributed by atoms with Gasteiger partial charge in [-0.05, 0) is 19.1 Å². The van der Waals surface area contributed by atoms with Gasteiger partial charge in [-0.1, -0.05) is 17.2 Å². The molecule has 0 saturated heterocycles. The molecule has 1 unspecified atom stereocenters. The molecular weight excluding hydrogens is 214 g/mol. The van der Waals surface area contributed by atoms with Gasteiger partial charge in [0.1, 0.15) is 0 Å². The molecule has 0 radical (unpaired) electrons. The van der Waals surface area contributed by atoms with E-state index in [2.05, 4.69) is 0 Å². The van der Waals surface area contributed by atoms with E-state index < -0.39 is 15.0 Å². The van der Waals surface area contributed by atoms with Gasteiger partial charge in [-0.15, -0.1) is 0 Å². The van der Waals surface area contributed by atoms with Gasteiger partial charge in [0.25, 0.3) is 10.1 Å². The van der Waals surface area contributed by atoms with Crippen molar-refractivity contribution < 1.29 is 13.0 Å². The Morgan fingerprint density at radius 2 is 2.23 bits per heavy atom. The van der Waals surface area contributed by atoms with Crippen LogP contribution in [0, 0.1) is 0 Å². The molecule has 1 aliphatic carbocycles. The maximum atomic E-state index is 10.9. The molecule has 0 saturated carbocycles. The second-order valence-electron chi connectivity index (χ2n) is 3.13. The van der Waals surface area contributed by atoms with E-state index in [1.807, 2.05) is 0 Å². The molecule has 1 aliphatic rings. The fourth-order valence-corrected chi connectivity index (χ4v) is 2.35. The Hall–Kier alpha value is -0.360. The van der Waals surface area contributed by atoms with Crippen molar-refractivity contribution in [2.24, 2.45) is 5.73 Å². The second-order valence-corrected chi connectivity index (χ2v) is 5.27. The largest absolute Gasteiger partial charge is 0.307 e. The predicted molar refractivity (Wildman–Crippen MR) is 50.8 cm³/mol. The first-order valence-electron chi connectivity index (χ1n) is 3.56. The minimum absolute atomic E-state index is 0.0576. The lowest BCUT2D eigenvalue weighted by Crippen LogP contribution is -2.46. The molecule has 4 nitrogen and oxygen atoms in total. The quantitative estimate of drug-likeness (QED) is 0.650. The first-order valence-corrected chi connectivity index (χ1v) is 5.38. The van der Waals surface area contributed by atoms with Gasteiger partial charge in [0.15, 0.2) is 4.87 Å². The molecule has 0 aromatic carbocycles. The van der Waals surface area contributed by atoms with Crippen LogP contribution in [0.1, 0.15) is 13.3 Å². The summed E-state index contributed by atoms with van der Waals surface area (Å²) in [6, 6.07) is 0. The van der Waals surface area contributed by atoms with Gasteiger partial charge in [0, 0.05) is 11.5 Å². The molecule has 1 rings (SSSR count). The van der Waals surface area contributed by atoms with Crippen LogP contribution in [0.15, 0.2) is 22.8 Å². The molecule has 0 aromatic rings. The zero-order valence-corrected chi connectivity index (χ0v) is 8.56. The smallest absolute Gasteiger partial charge is 0.287 e. The van der Waals surface area contributed by atoms with E-state index >= 15 is 0 Å². The molecule has 0 spiro atoms. The summed E-state index contributed by atoms with van der Waals surface area (Å²) in [5.74, 6) is 0. The number of rotatable bonds is 1. The molecule has 0 aromatic heterocycles. The average molecular weight is 224 g/mol. The molecule has 74 valence electrons. The summed E-state index contributed by atoms with van der Waals surface area (Å²) in [4.78, 5) is -1.77. The first-order chi connectivity index (χ1) is 5.74. The lowest BCUT2D eigenvalue weighted by Gasteiger charge is -2.25. The van der Waals surface area contributed by atoms with Crippen LogP contribution >= 0.6 is 11.6 Å². The van der Waals surface area contributed by atoms with Crippen molar-refractivity contribution in [2.75, 3.05) is 0 Å². The van der Waals surface area contributed by atoms with Gasteiger partial charge >= 0.3 is 0 Å². The Balaban J connectivity index is 3.19. The zero-order valence-electron chi connectivity index (χ0n) is 6.99. The van der Waals surface area contributed by atoms with Gasteiger partial charge in [-0.3, -0.25) is 4.55 Å². The van der Waals surface area contributed by atoms with Crippen molar-refractivity contribution in [1.82, 2.24) is 0 Å². The van der Waals surface area contributed by atoms with E-state index in [0.29, 0.717) is 5.57 Å². The van der Waals surface area contributed by atoms with E-state index in [1.54, 1.807) is 13.0 Å².